The molecular weight excluding hydrogens is 492 g/mol. The molecule has 0 bridgehead atoms. The van der Waals surface area contributed by atoms with Gasteiger partial charge in [0, 0.05) is 11.3 Å². The third-order valence-electron chi connectivity index (χ3n) is 6.88. The third kappa shape index (κ3) is 5.10. The predicted molar refractivity (Wildman–Crippen MR) is 150 cm³/mol. The Morgan fingerprint density at radius 1 is 1.03 bits per heavy atom. The molecule has 1 unspecified atom stereocenters. The lowest BCUT2D eigenvalue weighted by Crippen LogP contribution is -2.29. The van der Waals surface area contributed by atoms with E-state index in [1.165, 1.54) is 12.0 Å². The summed E-state index contributed by atoms with van der Waals surface area (Å²) in [4.78, 5) is 28.5. The average Bonchev–Trinajstić information content (AvgIpc) is 3.18. The lowest BCUT2D eigenvalue weighted by Gasteiger charge is -2.26. The van der Waals surface area contributed by atoms with Crippen LogP contribution < -0.4 is 14.4 Å². The number of hydrogen-bond donors (Lipinski definition) is 1. The maximum Gasteiger partial charge on any atom is 0.300 e. The number of amides is 1. The van der Waals surface area contributed by atoms with E-state index in [-0.39, 0.29) is 16.7 Å². The first-order valence-corrected chi connectivity index (χ1v) is 12.7. The first kappa shape index (κ1) is 27.5. The molecule has 7 nitrogen and oxygen atoms in total. The summed E-state index contributed by atoms with van der Waals surface area (Å²) in [5, 5.41) is 21.0. The van der Waals surface area contributed by atoms with Gasteiger partial charge in [-0.2, -0.15) is 5.26 Å². The minimum absolute atomic E-state index is 0.0221. The summed E-state index contributed by atoms with van der Waals surface area (Å²) in [6, 6.07) is 18.5. The van der Waals surface area contributed by atoms with E-state index in [1.807, 2.05) is 32.0 Å². The summed E-state index contributed by atoms with van der Waals surface area (Å²) >= 11 is 0. The van der Waals surface area contributed by atoms with Gasteiger partial charge in [-0.05, 0) is 78.4 Å². The molecule has 4 rings (SSSR count). The molecule has 3 aromatic carbocycles. The number of hydrogen-bond acceptors (Lipinski definition) is 6. The zero-order valence-corrected chi connectivity index (χ0v) is 23.0. The maximum atomic E-state index is 13.6. The van der Waals surface area contributed by atoms with Gasteiger partial charge in [0.25, 0.3) is 11.7 Å². The summed E-state index contributed by atoms with van der Waals surface area (Å²) in [5.41, 5.74) is 3.44. The van der Waals surface area contributed by atoms with Gasteiger partial charge in [0.15, 0.2) is 11.5 Å². The Morgan fingerprint density at radius 3 is 2.31 bits per heavy atom. The lowest BCUT2D eigenvalue weighted by molar-refractivity contribution is -0.132. The van der Waals surface area contributed by atoms with Gasteiger partial charge in [-0.15, -0.1) is 0 Å². The van der Waals surface area contributed by atoms with Crippen LogP contribution in [0.15, 0.2) is 66.2 Å². The molecule has 1 amide bonds. The standard InChI is InChI=1S/C32H32N2O5/c1-7-39-26-16-21(11-15-25(26)38-6)28-27(29(35)24-17-22(32(3,4)5)12-8-19(24)2)30(36)31(37)34(28)23-13-9-20(18-33)10-14-23/h8-17,28,35H,7H2,1-6H3/b29-27+. The lowest BCUT2D eigenvalue weighted by atomic mass is 9.84. The summed E-state index contributed by atoms with van der Waals surface area (Å²) in [6.45, 7) is 10.3. The van der Waals surface area contributed by atoms with Gasteiger partial charge in [0.2, 0.25) is 0 Å². The predicted octanol–water partition coefficient (Wildman–Crippen LogP) is 6.20. The second-order valence-corrected chi connectivity index (χ2v) is 10.5. The Balaban J connectivity index is 2.00. The maximum absolute atomic E-state index is 13.6. The van der Waals surface area contributed by atoms with Gasteiger partial charge in [-0.3, -0.25) is 14.5 Å². The number of carbonyl (C=O) groups is 2. The van der Waals surface area contributed by atoms with Crippen molar-refractivity contribution >= 4 is 23.1 Å². The van der Waals surface area contributed by atoms with E-state index in [0.717, 1.165) is 11.1 Å². The van der Waals surface area contributed by atoms with Gasteiger partial charge in [0.1, 0.15) is 5.76 Å². The summed E-state index contributed by atoms with van der Waals surface area (Å²) < 4.78 is 11.2. The van der Waals surface area contributed by atoms with Gasteiger partial charge < -0.3 is 14.6 Å². The van der Waals surface area contributed by atoms with Crippen molar-refractivity contribution in [3.8, 4) is 17.6 Å². The molecule has 7 heteroatoms. The van der Waals surface area contributed by atoms with Gasteiger partial charge in [-0.25, -0.2) is 0 Å². The minimum atomic E-state index is -0.944. The summed E-state index contributed by atoms with van der Waals surface area (Å²) in [6.07, 6.45) is 0. The molecule has 0 aromatic heterocycles. The number of Topliss-reactive ketones (excluding diaryl/α,β-unsaturated/α-hetero) is 1. The molecule has 1 fully saturated rings. The molecule has 0 radical (unpaired) electrons. The largest absolute Gasteiger partial charge is 0.507 e. The Morgan fingerprint density at radius 2 is 1.72 bits per heavy atom. The van der Waals surface area contributed by atoms with E-state index >= 15 is 0 Å². The highest BCUT2D eigenvalue weighted by molar-refractivity contribution is 6.51. The third-order valence-corrected chi connectivity index (χ3v) is 6.88. The SMILES string of the molecule is CCOc1cc(C2/C(=C(\O)c3cc(C(C)(C)C)ccc3C)C(=O)C(=O)N2c2ccc(C#N)cc2)ccc1OC. The van der Waals surface area contributed by atoms with E-state index in [4.69, 9.17) is 9.47 Å². The fourth-order valence-electron chi connectivity index (χ4n) is 4.73. The van der Waals surface area contributed by atoms with Crippen molar-refractivity contribution in [2.75, 3.05) is 18.6 Å². The number of aryl methyl sites for hydroxylation is 1. The molecule has 1 aliphatic heterocycles. The van der Waals surface area contributed by atoms with Crippen LogP contribution in [0.3, 0.4) is 0 Å². The van der Waals surface area contributed by atoms with Crippen LogP contribution in [-0.2, 0) is 15.0 Å². The number of rotatable bonds is 6. The van der Waals surface area contributed by atoms with Crippen molar-refractivity contribution in [2.24, 2.45) is 0 Å². The number of benzene rings is 3. The second-order valence-electron chi connectivity index (χ2n) is 10.5. The molecule has 0 saturated carbocycles. The summed E-state index contributed by atoms with van der Waals surface area (Å²) in [7, 11) is 1.53. The Labute approximate surface area is 228 Å². The van der Waals surface area contributed by atoms with Crippen molar-refractivity contribution < 1.29 is 24.2 Å². The first-order chi connectivity index (χ1) is 18.5. The van der Waals surface area contributed by atoms with E-state index in [9.17, 15) is 20.0 Å². The molecule has 1 atom stereocenters. The first-order valence-electron chi connectivity index (χ1n) is 12.7. The topological polar surface area (TPSA) is 99.9 Å². The Bertz CT molecular complexity index is 1510. The molecule has 3 aromatic rings. The monoisotopic (exact) mass is 524 g/mol. The van der Waals surface area contributed by atoms with Crippen LogP contribution in [0, 0.1) is 18.3 Å². The number of methoxy groups -OCH3 is 1. The minimum Gasteiger partial charge on any atom is -0.507 e. The summed E-state index contributed by atoms with van der Waals surface area (Å²) in [5.74, 6) is -0.855. The van der Waals surface area contributed by atoms with E-state index in [0.29, 0.717) is 40.5 Å². The van der Waals surface area contributed by atoms with Gasteiger partial charge >= 0.3 is 0 Å². The van der Waals surface area contributed by atoms with E-state index in [2.05, 4.69) is 26.8 Å². The smallest absolute Gasteiger partial charge is 0.300 e. The second kappa shape index (κ2) is 10.7. The van der Waals surface area contributed by atoms with Crippen LogP contribution in [0.1, 0.15) is 61.6 Å². The molecule has 0 spiro atoms. The molecule has 0 aliphatic carbocycles. The molecule has 39 heavy (non-hydrogen) atoms. The highest BCUT2D eigenvalue weighted by Crippen LogP contribution is 2.44. The van der Waals surface area contributed by atoms with Crippen LogP contribution in [0.5, 0.6) is 11.5 Å². The number of anilines is 1. The Hall–Kier alpha value is -4.57. The number of aliphatic hydroxyl groups is 1. The fourth-order valence-corrected chi connectivity index (χ4v) is 4.73. The van der Waals surface area contributed by atoms with E-state index in [1.54, 1.807) is 42.5 Å². The average molecular weight is 525 g/mol. The van der Waals surface area contributed by atoms with Crippen molar-refractivity contribution in [2.45, 2.75) is 46.1 Å². The van der Waals surface area contributed by atoms with Gasteiger partial charge in [-0.1, -0.05) is 39.0 Å². The number of nitrogens with zero attached hydrogens (tertiary/aromatic N) is 2. The highest BCUT2D eigenvalue weighted by Gasteiger charge is 2.47. The molecule has 1 N–H and O–H groups in total. The van der Waals surface area contributed by atoms with Gasteiger partial charge in [0.05, 0.1) is 37.0 Å². The molecule has 1 heterocycles. The fraction of sp³-hybridized carbons (Fsp3) is 0.281. The van der Waals surface area contributed by atoms with Crippen LogP contribution >= 0.6 is 0 Å². The van der Waals surface area contributed by atoms with Crippen molar-refractivity contribution in [1.29, 1.82) is 5.26 Å². The Kier molecular flexibility index (Phi) is 7.51. The number of aliphatic hydroxyl groups excluding tert-OH is 1. The van der Waals surface area contributed by atoms with Crippen LogP contribution in [-0.4, -0.2) is 30.5 Å². The number of carbonyl (C=O) groups excluding carboxylic acids is 2. The molecule has 1 saturated heterocycles. The van der Waals surface area contributed by atoms with Crippen molar-refractivity contribution in [3.63, 3.8) is 0 Å². The number of ether oxygens (including phenoxy) is 2. The molecule has 200 valence electrons. The zero-order valence-electron chi connectivity index (χ0n) is 23.0. The van der Waals surface area contributed by atoms with Crippen LogP contribution in [0.2, 0.25) is 0 Å². The number of nitriles is 1. The van der Waals surface area contributed by atoms with Crippen molar-refractivity contribution in [3.05, 3.63) is 94.1 Å². The van der Waals surface area contributed by atoms with E-state index < -0.39 is 17.7 Å². The normalized spacial score (nSPS) is 16.7. The zero-order chi connectivity index (χ0) is 28.5. The highest BCUT2D eigenvalue weighted by atomic mass is 16.5. The number of ketones is 1. The molecular formula is C32H32N2O5. The quantitative estimate of drug-likeness (QED) is 0.234. The van der Waals surface area contributed by atoms with Crippen LogP contribution in [0.4, 0.5) is 5.69 Å². The molecule has 1 aliphatic rings. The van der Waals surface area contributed by atoms with Crippen LogP contribution in [0.25, 0.3) is 5.76 Å². The van der Waals surface area contributed by atoms with Crippen molar-refractivity contribution in [1.82, 2.24) is 0 Å².